The Labute approximate surface area is 266 Å². The van der Waals surface area contributed by atoms with Crippen LogP contribution in [0.1, 0.15) is 51.2 Å². The molecule has 0 radical (unpaired) electrons. The van der Waals surface area contributed by atoms with Crippen LogP contribution >= 0.6 is 11.3 Å². The average molecular weight is 642 g/mol. The number of thiazole rings is 1. The summed E-state index contributed by atoms with van der Waals surface area (Å²) in [5, 5.41) is 6.00. The summed E-state index contributed by atoms with van der Waals surface area (Å²) >= 11 is 1.49. The quantitative estimate of drug-likeness (QED) is 0.141. The fourth-order valence-electron chi connectivity index (χ4n) is 4.75. The Bertz CT molecular complexity index is 1520. The van der Waals surface area contributed by atoms with Crippen LogP contribution in [0.15, 0.2) is 83.3 Å². The number of hydrogen-bond donors (Lipinski definition) is 1. The molecule has 1 aromatic heterocycles. The number of alkyl halides is 3. The predicted molar refractivity (Wildman–Crippen MR) is 174 cm³/mol. The summed E-state index contributed by atoms with van der Waals surface area (Å²) in [6.45, 7) is 8.39. The van der Waals surface area contributed by atoms with Gasteiger partial charge in [0.05, 0.1) is 17.9 Å². The van der Waals surface area contributed by atoms with E-state index in [0.717, 1.165) is 42.2 Å². The summed E-state index contributed by atoms with van der Waals surface area (Å²) in [4.78, 5) is 18.6. The molecule has 0 aliphatic heterocycles. The van der Waals surface area contributed by atoms with Crippen molar-refractivity contribution in [1.82, 2.24) is 4.98 Å². The van der Waals surface area contributed by atoms with Crippen molar-refractivity contribution in [2.45, 2.75) is 52.6 Å². The molecule has 10 heteroatoms. The highest BCUT2D eigenvalue weighted by molar-refractivity contribution is 7.14. The van der Waals surface area contributed by atoms with Crippen LogP contribution < -0.4 is 10.2 Å². The first-order chi connectivity index (χ1) is 21.5. The second-order valence-electron chi connectivity index (χ2n) is 11.3. The van der Waals surface area contributed by atoms with Crippen LogP contribution in [0, 0.1) is 11.7 Å². The number of allylic oxidation sites excluding steroid dienone is 3. The smallest absolute Gasteiger partial charge is 0.416 e. The second kappa shape index (κ2) is 15.9. The number of carbonyl (C=O) groups excluding carboxylic acids is 1. The fraction of sp³-hybridized carbons (Fsp3) is 0.371. The normalized spacial score (nSPS) is 13.3. The van der Waals surface area contributed by atoms with E-state index in [1.807, 2.05) is 11.4 Å². The van der Waals surface area contributed by atoms with E-state index in [-0.39, 0.29) is 24.6 Å². The number of ether oxygens (including phenoxy) is 1. The standard InChI is InChI=1S/C35H39F4N3O2S/c1-4-44-33(43)17-13-27-12-16-30(20-31(27)36)40-21-25-6-5-7-26(9-8-25)22-42(19-18-24(2)3)34-41-32(23-45-34)28-10-14-29(15-11-28)35(37,38)39/h5-6,8-12,14-16,20,23-24,40H,4,7,13,17-19,21-22H2,1-3H3. The van der Waals surface area contributed by atoms with Crippen molar-refractivity contribution >= 4 is 28.1 Å². The Balaban J connectivity index is 1.40. The third-order valence-corrected chi connectivity index (χ3v) is 8.24. The van der Waals surface area contributed by atoms with Gasteiger partial charge in [0, 0.05) is 42.7 Å². The van der Waals surface area contributed by atoms with Gasteiger partial charge in [-0.1, -0.05) is 56.4 Å². The lowest BCUT2D eigenvalue weighted by Gasteiger charge is -2.24. The minimum Gasteiger partial charge on any atom is -0.466 e. The zero-order valence-corrected chi connectivity index (χ0v) is 26.6. The Hall–Kier alpha value is -3.92. The first-order valence-corrected chi connectivity index (χ1v) is 16.0. The van der Waals surface area contributed by atoms with Gasteiger partial charge in [0.15, 0.2) is 5.13 Å². The topological polar surface area (TPSA) is 54.5 Å². The third kappa shape index (κ3) is 10.3. The first kappa shape index (κ1) is 34.0. The van der Waals surface area contributed by atoms with Gasteiger partial charge in [0.25, 0.3) is 0 Å². The number of aromatic nitrogens is 1. The van der Waals surface area contributed by atoms with Crippen LogP contribution in [0.2, 0.25) is 0 Å². The van der Waals surface area contributed by atoms with Gasteiger partial charge in [-0.2, -0.15) is 13.2 Å². The Kier molecular flexibility index (Phi) is 12.0. The van der Waals surface area contributed by atoms with Crippen molar-refractivity contribution in [2.24, 2.45) is 5.92 Å². The molecule has 45 heavy (non-hydrogen) atoms. The first-order valence-electron chi connectivity index (χ1n) is 15.1. The van der Waals surface area contributed by atoms with E-state index in [0.29, 0.717) is 48.1 Å². The van der Waals surface area contributed by atoms with Crippen LogP contribution in [-0.2, 0) is 22.1 Å². The minimum atomic E-state index is -4.37. The van der Waals surface area contributed by atoms with E-state index < -0.39 is 11.7 Å². The number of nitrogens with one attached hydrogen (secondary N) is 1. The monoisotopic (exact) mass is 641 g/mol. The molecule has 0 unspecified atom stereocenters. The molecule has 1 N–H and O–H groups in total. The molecule has 0 fully saturated rings. The lowest BCUT2D eigenvalue weighted by Crippen LogP contribution is -2.27. The summed E-state index contributed by atoms with van der Waals surface area (Å²) in [5.74, 6) is -0.197. The number of benzene rings is 2. The summed E-state index contributed by atoms with van der Waals surface area (Å²) in [7, 11) is 0. The molecule has 0 atom stereocenters. The summed E-state index contributed by atoms with van der Waals surface area (Å²) in [6.07, 6.45) is 6.14. The van der Waals surface area contributed by atoms with Gasteiger partial charge in [0.2, 0.25) is 0 Å². The largest absolute Gasteiger partial charge is 0.466 e. The highest BCUT2D eigenvalue weighted by Crippen LogP contribution is 2.33. The second-order valence-corrected chi connectivity index (χ2v) is 12.2. The summed E-state index contributed by atoms with van der Waals surface area (Å²) in [5.41, 5.74) is 4.01. The van der Waals surface area contributed by atoms with Gasteiger partial charge in [-0.25, -0.2) is 9.37 Å². The van der Waals surface area contributed by atoms with E-state index in [4.69, 9.17) is 9.72 Å². The highest BCUT2D eigenvalue weighted by Gasteiger charge is 2.30. The molecule has 0 spiro atoms. The number of anilines is 2. The molecule has 2 aromatic carbocycles. The van der Waals surface area contributed by atoms with Crippen LogP contribution in [-0.4, -0.2) is 37.2 Å². The van der Waals surface area contributed by atoms with Gasteiger partial charge in [-0.3, -0.25) is 4.79 Å². The number of halogens is 4. The van der Waals surface area contributed by atoms with E-state index in [2.05, 4.69) is 48.4 Å². The van der Waals surface area contributed by atoms with Crippen molar-refractivity contribution in [3.05, 3.63) is 100 Å². The maximum Gasteiger partial charge on any atom is 0.416 e. The number of rotatable bonds is 14. The Morgan fingerprint density at radius 2 is 1.91 bits per heavy atom. The van der Waals surface area contributed by atoms with Gasteiger partial charge >= 0.3 is 12.1 Å². The van der Waals surface area contributed by atoms with Crippen LogP contribution in [0.3, 0.4) is 0 Å². The zero-order valence-electron chi connectivity index (χ0n) is 25.8. The molecule has 240 valence electrons. The zero-order chi connectivity index (χ0) is 32.4. The molecule has 1 heterocycles. The van der Waals surface area contributed by atoms with Crippen molar-refractivity contribution in [3.63, 3.8) is 0 Å². The van der Waals surface area contributed by atoms with Gasteiger partial charge < -0.3 is 15.0 Å². The molecule has 1 aliphatic rings. The predicted octanol–water partition coefficient (Wildman–Crippen LogP) is 9.24. The number of aryl methyl sites for hydroxylation is 1. The number of hydrogen-bond acceptors (Lipinski definition) is 6. The SMILES string of the molecule is CCOC(=O)CCc1ccc(NCC2=CC=C(CN(CCC(C)C)c3nc(-c4ccc(C(F)(F)F)cc4)cs3)CC=C2)cc1F. The number of carbonyl (C=O) groups is 1. The average Bonchev–Trinajstić information content (AvgIpc) is 3.38. The van der Waals surface area contributed by atoms with E-state index in [9.17, 15) is 22.4 Å². The molecular weight excluding hydrogens is 602 g/mol. The Morgan fingerprint density at radius 1 is 1.13 bits per heavy atom. The molecule has 3 aromatic rings. The van der Waals surface area contributed by atoms with Crippen molar-refractivity contribution in [3.8, 4) is 11.3 Å². The fourth-order valence-corrected chi connectivity index (χ4v) is 5.61. The lowest BCUT2D eigenvalue weighted by atomic mass is 10.1. The molecule has 4 rings (SSSR count). The van der Waals surface area contributed by atoms with Crippen molar-refractivity contribution in [2.75, 3.05) is 36.5 Å². The van der Waals surface area contributed by atoms with Gasteiger partial charge in [-0.05, 0) is 73.1 Å². The Morgan fingerprint density at radius 3 is 2.60 bits per heavy atom. The molecule has 0 amide bonds. The minimum absolute atomic E-state index is 0.141. The highest BCUT2D eigenvalue weighted by atomic mass is 32.1. The number of esters is 1. The van der Waals surface area contributed by atoms with Crippen LogP contribution in [0.4, 0.5) is 28.4 Å². The van der Waals surface area contributed by atoms with E-state index in [1.54, 1.807) is 13.0 Å². The van der Waals surface area contributed by atoms with Crippen LogP contribution in [0.5, 0.6) is 0 Å². The van der Waals surface area contributed by atoms with Crippen molar-refractivity contribution < 1.29 is 27.1 Å². The molecule has 1 aliphatic carbocycles. The molecular formula is C35H39F4N3O2S. The van der Waals surface area contributed by atoms with Crippen LogP contribution in [0.25, 0.3) is 11.3 Å². The third-order valence-electron chi connectivity index (χ3n) is 7.34. The number of nitrogens with zero attached hydrogens (tertiary/aromatic N) is 2. The molecule has 0 saturated carbocycles. The van der Waals surface area contributed by atoms with E-state index in [1.165, 1.54) is 35.1 Å². The maximum absolute atomic E-state index is 14.6. The summed E-state index contributed by atoms with van der Waals surface area (Å²) in [6, 6.07) is 10.1. The van der Waals surface area contributed by atoms with Crippen molar-refractivity contribution in [1.29, 1.82) is 0 Å². The maximum atomic E-state index is 14.6. The van der Waals surface area contributed by atoms with E-state index >= 15 is 0 Å². The molecule has 0 bridgehead atoms. The lowest BCUT2D eigenvalue weighted by molar-refractivity contribution is -0.143. The molecule has 0 saturated heterocycles. The van der Waals surface area contributed by atoms with Gasteiger partial charge in [0.1, 0.15) is 5.82 Å². The summed E-state index contributed by atoms with van der Waals surface area (Å²) < 4.78 is 58.6. The molecule has 5 nitrogen and oxygen atoms in total. The van der Waals surface area contributed by atoms with Gasteiger partial charge in [-0.15, -0.1) is 11.3 Å².